The number of hydrogen-bond acceptors (Lipinski definition) is 2. The number of hydrogen-bond donors (Lipinski definition) is 2. The lowest BCUT2D eigenvalue weighted by molar-refractivity contribution is 0.443. The van der Waals surface area contributed by atoms with Crippen molar-refractivity contribution in [1.29, 1.82) is 0 Å². The molecule has 0 fully saturated rings. The van der Waals surface area contributed by atoms with Crippen molar-refractivity contribution in [2.75, 3.05) is 0 Å². The summed E-state index contributed by atoms with van der Waals surface area (Å²) >= 11 is 0. The van der Waals surface area contributed by atoms with Gasteiger partial charge in [0.25, 0.3) is 0 Å². The van der Waals surface area contributed by atoms with Crippen LogP contribution in [0, 0.1) is 13.8 Å². The molecule has 2 heteroatoms. The van der Waals surface area contributed by atoms with Gasteiger partial charge in [-0.15, -0.1) is 0 Å². The van der Waals surface area contributed by atoms with E-state index < -0.39 is 0 Å². The Kier molecular flexibility index (Phi) is 3.51. The largest absolute Gasteiger partial charge is 0.508 e. The number of aryl methyl sites for hydroxylation is 2. The van der Waals surface area contributed by atoms with Gasteiger partial charge in [0.05, 0.1) is 0 Å². The average Bonchev–Trinajstić information content (AvgIpc) is 2.34. The van der Waals surface area contributed by atoms with Crippen LogP contribution in [0.3, 0.4) is 0 Å². The van der Waals surface area contributed by atoms with Crippen LogP contribution in [0.5, 0.6) is 11.5 Å². The molecule has 2 aromatic rings. The van der Waals surface area contributed by atoms with Gasteiger partial charge in [0, 0.05) is 5.56 Å². The molecule has 0 atom stereocenters. The second-order valence-electron chi connectivity index (χ2n) is 6.44. The summed E-state index contributed by atoms with van der Waals surface area (Å²) in [5.74, 6) is 0.678. The van der Waals surface area contributed by atoms with E-state index >= 15 is 0 Å². The molecule has 0 aliphatic rings. The fourth-order valence-corrected chi connectivity index (χ4v) is 2.35. The van der Waals surface area contributed by atoms with Crippen molar-refractivity contribution in [2.24, 2.45) is 0 Å². The lowest BCUT2D eigenvalue weighted by Gasteiger charge is -2.23. The highest BCUT2D eigenvalue weighted by Gasteiger charge is 2.20. The standard InChI is InChI=1S/C18H22O2/c1-11-8-13(6-7-16(11)19)14-9-12(2)17(20)15(10-14)18(3,4)5/h6-10,19-20H,1-5H3. The molecule has 0 aromatic heterocycles. The first-order chi connectivity index (χ1) is 9.20. The smallest absolute Gasteiger partial charge is 0.122 e. The molecule has 0 radical (unpaired) electrons. The minimum absolute atomic E-state index is 0.114. The first-order valence-corrected chi connectivity index (χ1v) is 6.84. The molecule has 0 amide bonds. The number of rotatable bonds is 1. The van der Waals surface area contributed by atoms with Gasteiger partial charge in [-0.05, 0) is 65.8 Å². The summed E-state index contributed by atoms with van der Waals surface area (Å²) in [6.45, 7) is 10.1. The van der Waals surface area contributed by atoms with E-state index in [0.29, 0.717) is 11.5 Å². The van der Waals surface area contributed by atoms with Crippen molar-refractivity contribution >= 4 is 0 Å². The fourth-order valence-electron chi connectivity index (χ4n) is 2.35. The van der Waals surface area contributed by atoms with Crippen molar-refractivity contribution in [3.8, 4) is 22.6 Å². The quantitative estimate of drug-likeness (QED) is 0.790. The van der Waals surface area contributed by atoms with Crippen LogP contribution in [0.15, 0.2) is 30.3 Å². The molecule has 106 valence electrons. The zero-order chi connectivity index (χ0) is 15.1. The van der Waals surface area contributed by atoms with Gasteiger partial charge in [0.2, 0.25) is 0 Å². The van der Waals surface area contributed by atoms with Crippen LogP contribution in [0.4, 0.5) is 0 Å². The van der Waals surface area contributed by atoms with Crippen LogP contribution in [0.25, 0.3) is 11.1 Å². The van der Waals surface area contributed by atoms with E-state index in [2.05, 4.69) is 20.8 Å². The molecule has 20 heavy (non-hydrogen) atoms. The summed E-state index contributed by atoms with van der Waals surface area (Å²) in [5, 5.41) is 19.9. The third-order valence-electron chi connectivity index (χ3n) is 3.64. The van der Waals surface area contributed by atoms with E-state index in [0.717, 1.165) is 27.8 Å². The molecule has 0 unspecified atom stereocenters. The lowest BCUT2D eigenvalue weighted by atomic mass is 9.83. The molecule has 0 spiro atoms. The van der Waals surface area contributed by atoms with Gasteiger partial charge in [-0.25, -0.2) is 0 Å². The van der Waals surface area contributed by atoms with Crippen molar-refractivity contribution < 1.29 is 10.2 Å². The molecule has 0 saturated carbocycles. The maximum atomic E-state index is 10.3. The SMILES string of the molecule is Cc1cc(-c2cc(C)c(O)c(C(C)(C)C)c2)ccc1O. The minimum Gasteiger partial charge on any atom is -0.508 e. The second-order valence-corrected chi connectivity index (χ2v) is 6.44. The first-order valence-electron chi connectivity index (χ1n) is 6.84. The van der Waals surface area contributed by atoms with Gasteiger partial charge in [-0.2, -0.15) is 0 Å². The van der Waals surface area contributed by atoms with E-state index in [4.69, 9.17) is 0 Å². The zero-order valence-corrected chi connectivity index (χ0v) is 12.8. The highest BCUT2D eigenvalue weighted by Crippen LogP contribution is 2.37. The maximum Gasteiger partial charge on any atom is 0.122 e. The number of phenolic OH excluding ortho intramolecular Hbond substituents is 2. The van der Waals surface area contributed by atoms with Crippen LogP contribution in [-0.2, 0) is 5.41 Å². The number of aromatic hydroxyl groups is 2. The molecule has 0 aliphatic carbocycles. The van der Waals surface area contributed by atoms with E-state index in [1.165, 1.54) is 0 Å². The summed E-state index contributed by atoms with van der Waals surface area (Å²) in [6, 6.07) is 9.60. The van der Waals surface area contributed by atoms with E-state index in [1.807, 2.05) is 38.1 Å². The highest BCUT2D eigenvalue weighted by atomic mass is 16.3. The van der Waals surface area contributed by atoms with Crippen molar-refractivity contribution in [3.63, 3.8) is 0 Å². The van der Waals surface area contributed by atoms with Gasteiger partial charge in [-0.1, -0.05) is 26.8 Å². The molecule has 0 aliphatic heterocycles. The normalized spacial score (nSPS) is 11.7. The minimum atomic E-state index is -0.114. The maximum absolute atomic E-state index is 10.3. The fraction of sp³-hybridized carbons (Fsp3) is 0.333. The van der Waals surface area contributed by atoms with Gasteiger partial charge < -0.3 is 10.2 Å². The van der Waals surface area contributed by atoms with Crippen LogP contribution < -0.4 is 0 Å². The molecular weight excluding hydrogens is 248 g/mol. The molecule has 2 aromatic carbocycles. The Labute approximate surface area is 120 Å². The Morgan fingerprint density at radius 1 is 0.800 bits per heavy atom. The average molecular weight is 270 g/mol. The summed E-state index contributed by atoms with van der Waals surface area (Å²) < 4.78 is 0. The van der Waals surface area contributed by atoms with E-state index in [9.17, 15) is 10.2 Å². The first kappa shape index (κ1) is 14.4. The third-order valence-corrected chi connectivity index (χ3v) is 3.64. The van der Waals surface area contributed by atoms with Crippen molar-refractivity contribution in [1.82, 2.24) is 0 Å². The van der Waals surface area contributed by atoms with Crippen LogP contribution in [-0.4, -0.2) is 10.2 Å². The topological polar surface area (TPSA) is 40.5 Å². The van der Waals surface area contributed by atoms with Gasteiger partial charge in [-0.3, -0.25) is 0 Å². The molecule has 2 nitrogen and oxygen atoms in total. The summed E-state index contributed by atoms with van der Waals surface area (Å²) in [7, 11) is 0. The molecule has 0 saturated heterocycles. The molecule has 2 N–H and O–H groups in total. The van der Waals surface area contributed by atoms with E-state index in [-0.39, 0.29) is 5.41 Å². The van der Waals surface area contributed by atoms with Gasteiger partial charge in [0.15, 0.2) is 0 Å². The van der Waals surface area contributed by atoms with Crippen LogP contribution in [0.1, 0.15) is 37.5 Å². The van der Waals surface area contributed by atoms with Crippen molar-refractivity contribution in [2.45, 2.75) is 40.0 Å². The van der Waals surface area contributed by atoms with Gasteiger partial charge in [0.1, 0.15) is 11.5 Å². The Morgan fingerprint density at radius 3 is 1.95 bits per heavy atom. The summed E-state index contributed by atoms with van der Waals surface area (Å²) in [6.07, 6.45) is 0. The molecule has 0 heterocycles. The second kappa shape index (κ2) is 4.86. The summed E-state index contributed by atoms with van der Waals surface area (Å²) in [5.41, 5.74) is 4.67. The molecular formula is C18H22O2. The zero-order valence-electron chi connectivity index (χ0n) is 12.8. The lowest BCUT2D eigenvalue weighted by Crippen LogP contribution is -2.12. The Bertz CT molecular complexity index is 649. The number of benzene rings is 2. The third kappa shape index (κ3) is 2.64. The monoisotopic (exact) mass is 270 g/mol. The van der Waals surface area contributed by atoms with Gasteiger partial charge >= 0.3 is 0 Å². The molecule has 0 bridgehead atoms. The van der Waals surface area contributed by atoms with E-state index in [1.54, 1.807) is 6.07 Å². The van der Waals surface area contributed by atoms with Crippen molar-refractivity contribution in [3.05, 3.63) is 47.0 Å². The predicted molar refractivity (Wildman–Crippen MR) is 83.4 cm³/mol. The Morgan fingerprint density at radius 2 is 1.40 bits per heavy atom. The van der Waals surface area contributed by atoms with Crippen LogP contribution >= 0.6 is 0 Å². The Balaban J connectivity index is 2.63. The molecule has 2 rings (SSSR count). The highest BCUT2D eigenvalue weighted by molar-refractivity contribution is 5.69. The summed E-state index contributed by atoms with van der Waals surface area (Å²) in [4.78, 5) is 0. The Hall–Kier alpha value is -1.96. The number of phenols is 2. The van der Waals surface area contributed by atoms with Crippen LogP contribution in [0.2, 0.25) is 0 Å². The predicted octanol–water partition coefficient (Wildman–Crippen LogP) is 4.68.